The molecule has 0 aliphatic heterocycles. The second-order valence-corrected chi connectivity index (χ2v) is 10.1. The maximum absolute atomic E-state index is 12.8. The van der Waals surface area contributed by atoms with Crippen LogP contribution in [0.4, 0.5) is 5.69 Å². The van der Waals surface area contributed by atoms with Crippen LogP contribution in [0.3, 0.4) is 0 Å². The Hall–Kier alpha value is -2.12. The second-order valence-electron chi connectivity index (χ2n) is 7.61. The van der Waals surface area contributed by atoms with Crippen molar-refractivity contribution in [2.75, 3.05) is 5.32 Å². The maximum atomic E-state index is 12.8. The molecule has 0 spiro atoms. The minimum atomic E-state index is -0.276. The zero-order chi connectivity index (χ0) is 21.3. The molecular formula is C22H27N3O2S2. The summed E-state index contributed by atoms with van der Waals surface area (Å²) in [6, 6.07) is 6.08. The summed E-state index contributed by atoms with van der Waals surface area (Å²) in [5.41, 5.74) is 3.98. The highest BCUT2D eigenvalue weighted by molar-refractivity contribution is 7.99. The molecule has 0 unspecified atom stereocenters. The first-order chi connectivity index (χ1) is 13.7. The largest absolute Gasteiger partial charge is 0.325 e. The van der Waals surface area contributed by atoms with Gasteiger partial charge < -0.3 is 10.3 Å². The van der Waals surface area contributed by atoms with Gasteiger partial charge in [0, 0.05) is 10.6 Å². The molecule has 3 rings (SSSR count). The number of thioether (sulfide) groups is 1. The first-order valence-corrected chi connectivity index (χ1v) is 11.6. The van der Waals surface area contributed by atoms with Gasteiger partial charge in [-0.2, -0.15) is 0 Å². The Morgan fingerprint density at radius 2 is 1.97 bits per heavy atom. The number of hydrogen-bond donors (Lipinski definition) is 2. The number of fused-ring (bicyclic) bond motifs is 1. The molecule has 5 nitrogen and oxygen atoms in total. The highest BCUT2D eigenvalue weighted by atomic mass is 32.2. The molecule has 0 aliphatic rings. The average Bonchev–Trinajstić information content (AvgIpc) is 2.95. The minimum Gasteiger partial charge on any atom is -0.325 e. The molecule has 0 aliphatic carbocycles. The van der Waals surface area contributed by atoms with Crippen molar-refractivity contribution in [3.63, 3.8) is 0 Å². The number of nitrogens with zero attached hydrogens (tertiary/aromatic N) is 1. The molecule has 2 N–H and O–H groups in total. The van der Waals surface area contributed by atoms with Gasteiger partial charge in [0.15, 0.2) is 0 Å². The van der Waals surface area contributed by atoms with Crippen LogP contribution in [0.1, 0.15) is 54.1 Å². The average molecular weight is 430 g/mol. The van der Waals surface area contributed by atoms with Gasteiger partial charge in [0.25, 0.3) is 5.56 Å². The summed E-state index contributed by atoms with van der Waals surface area (Å²) in [6.45, 7) is 12.1. The summed E-state index contributed by atoms with van der Waals surface area (Å²) in [5, 5.41) is 3.50. The van der Waals surface area contributed by atoms with Crippen LogP contribution in [0, 0.1) is 20.8 Å². The predicted molar refractivity (Wildman–Crippen MR) is 124 cm³/mol. The van der Waals surface area contributed by atoms with E-state index in [-0.39, 0.29) is 16.7 Å². The summed E-state index contributed by atoms with van der Waals surface area (Å²) >= 11 is 3.00. The van der Waals surface area contributed by atoms with Crippen LogP contribution in [0.2, 0.25) is 0 Å². The molecule has 2 aromatic heterocycles. The number of rotatable bonds is 6. The molecule has 1 aromatic carbocycles. The lowest BCUT2D eigenvalue weighted by molar-refractivity contribution is -0.115. The van der Waals surface area contributed by atoms with Gasteiger partial charge in [-0.15, -0.1) is 23.1 Å². The number of para-hydroxylation sites is 1. The molecule has 3 aromatic rings. The molecule has 0 radical (unpaired) electrons. The van der Waals surface area contributed by atoms with E-state index >= 15 is 0 Å². The topological polar surface area (TPSA) is 74.8 Å². The van der Waals surface area contributed by atoms with Gasteiger partial charge in [-0.3, -0.25) is 9.59 Å². The fourth-order valence-corrected chi connectivity index (χ4v) is 5.02. The quantitative estimate of drug-likeness (QED) is 0.558. The second kappa shape index (κ2) is 8.71. The summed E-state index contributed by atoms with van der Waals surface area (Å²) < 4.78 is 0. The normalized spacial score (nSPS) is 12.5. The maximum Gasteiger partial charge on any atom is 0.259 e. The lowest BCUT2D eigenvalue weighted by Gasteiger charge is -2.18. The van der Waals surface area contributed by atoms with Crippen molar-refractivity contribution in [3.05, 3.63) is 55.9 Å². The zero-order valence-electron chi connectivity index (χ0n) is 17.7. The fraction of sp³-hybridized carbons (Fsp3) is 0.409. The summed E-state index contributed by atoms with van der Waals surface area (Å²) in [6.07, 6.45) is 0. The third kappa shape index (κ3) is 4.56. The van der Waals surface area contributed by atoms with Gasteiger partial charge in [0.05, 0.1) is 16.4 Å². The number of carbonyl (C=O) groups excluding carboxylic acids is 1. The number of anilines is 1. The van der Waals surface area contributed by atoms with E-state index in [9.17, 15) is 9.59 Å². The number of hydrogen-bond acceptors (Lipinski definition) is 5. The smallest absolute Gasteiger partial charge is 0.259 e. The zero-order valence-corrected chi connectivity index (χ0v) is 19.3. The Labute approximate surface area is 179 Å². The van der Waals surface area contributed by atoms with E-state index in [0.717, 1.165) is 32.1 Å². The Morgan fingerprint density at radius 1 is 1.24 bits per heavy atom. The molecule has 2 heterocycles. The van der Waals surface area contributed by atoms with Crippen LogP contribution in [0.5, 0.6) is 0 Å². The molecule has 0 saturated heterocycles. The number of benzene rings is 1. The number of thiophene rings is 1. The molecule has 1 amide bonds. The van der Waals surface area contributed by atoms with Crippen LogP contribution >= 0.6 is 23.1 Å². The van der Waals surface area contributed by atoms with Crippen molar-refractivity contribution in [2.45, 2.75) is 58.5 Å². The van der Waals surface area contributed by atoms with Crippen molar-refractivity contribution in [3.8, 4) is 0 Å². The first kappa shape index (κ1) is 21.6. The lowest BCUT2D eigenvalue weighted by Crippen LogP contribution is -2.24. The van der Waals surface area contributed by atoms with E-state index in [1.54, 1.807) is 0 Å². The molecule has 0 fully saturated rings. The number of aryl methyl sites for hydroxylation is 3. The molecule has 154 valence electrons. The highest BCUT2D eigenvalue weighted by Gasteiger charge is 2.18. The monoisotopic (exact) mass is 429 g/mol. The van der Waals surface area contributed by atoms with Crippen LogP contribution < -0.4 is 10.9 Å². The SMILES string of the molecule is Cc1cccc(C(C)C)c1NC(=O)[C@H](C)SCc1nc2sc(C)c(C)c2c(=O)[nH]1. The van der Waals surface area contributed by atoms with E-state index < -0.39 is 0 Å². The van der Waals surface area contributed by atoms with E-state index in [2.05, 4.69) is 35.2 Å². The number of H-pyrrole nitrogens is 1. The third-order valence-corrected chi connectivity index (χ3v) is 7.36. The molecule has 0 bridgehead atoms. The van der Waals surface area contributed by atoms with Gasteiger partial charge >= 0.3 is 0 Å². The van der Waals surface area contributed by atoms with Gasteiger partial charge in [-0.05, 0) is 50.3 Å². The van der Waals surface area contributed by atoms with Crippen molar-refractivity contribution in [1.29, 1.82) is 0 Å². The van der Waals surface area contributed by atoms with E-state index in [4.69, 9.17) is 0 Å². The number of carbonyl (C=O) groups is 1. The number of aromatic nitrogens is 2. The minimum absolute atomic E-state index is 0.0440. The number of amides is 1. The Morgan fingerprint density at radius 3 is 2.66 bits per heavy atom. The van der Waals surface area contributed by atoms with Gasteiger partial charge in [-0.1, -0.05) is 32.0 Å². The van der Waals surface area contributed by atoms with Crippen LogP contribution in [0.25, 0.3) is 10.2 Å². The summed E-state index contributed by atoms with van der Waals surface area (Å²) in [7, 11) is 0. The Bertz CT molecular complexity index is 1120. The molecule has 7 heteroatoms. The summed E-state index contributed by atoms with van der Waals surface area (Å²) in [4.78, 5) is 34.5. The molecular weight excluding hydrogens is 402 g/mol. The molecule has 1 atom stereocenters. The van der Waals surface area contributed by atoms with E-state index in [0.29, 0.717) is 22.9 Å². The third-order valence-electron chi connectivity index (χ3n) is 5.10. The number of nitrogens with one attached hydrogen (secondary N) is 2. The standard InChI is InChI=1S/C22H27N3O2S2/c1-11(2)16-9-7-8-12(3)19(16)25-20(26)15(6)28-10-17-23-21(27)18-13(4)14(5)29-22(18)24-17/h7-9,11,15H,10H2,1-6H3,(H,25,26)(H,23,24,27)/t15-/m0/s1. The van der Waals surface area contributed by atoms with Crippen LogP contribution in [-0.4, -0.2) is 21.1 Å². The lowest BCUT2D eigenvalue weighted by atomic mass is 9.98. The molecule has 29 heavy (non-hydrogen) atoms. The number of aromatic amines is 1. The van der Waals surface area contributed by atoms with Crippen molar-refractivity contribution < 1.29 is 4.79 Å². The summed E-state index contributed by atoms with van der Waals surface area (Å²) in [5.74, 6) is 1.36. The fourth-order valence-electron chi connectivity index (χ4n) is 3.21. The van der Waals surface area contributed by atoms with E-state index in [1.165, 1.54) is 23.1 Å². The van der Waals surface area contributed by atoms with E-state index in [1.807, 2.05) is 39.8 Å². The van der Waals surface area contributed by atoms with Gasteiger partial charge in [-0.25, -0.2) is 4.98 Å². The van der Waals surface area contributed by atoms with Gasteiger partial charge in [0.2, 0.25) is 5.91 Å². The van der Waals surface area contributed by atoms with Gasteiger partial charge in [0.1, 0.15) is 10.7 Å². The molecule has 0 saturated carbocycles. The Kier molecular flexibility index (Phi) is 6.49. The first-order valence-electron chi connectivity index (χ1n) is 9.70. The van der Waals surface area contributed by atoms with Crippen molar-refractivity contribution in [1.82, 2.24) is 9.97 Å². The van der Waals surface area contributed by atoms with Crippen molar-refractivity contribution in [2.24, 2.45) is 0 Å². The van der Waals surface area contributed by atoms with Crippen LogP contribution in [0.15, 0.2) is 23.0 Å². The Balaban J connectivity index is 1.72. The highest BCUT2D eigenvalue weighted by Crippen LogP contribution is 2.29. The van der Waals surface area contributed by atoms with Crippen LogP contribution in [-0.2, 0) is 10.5 Å². The van der Waals surface area contributed by atoms with Crippen molar-refractivity contribution >= 4 is 44.9 Å². The predicted octanol–water partition coefficient (Wildman–Crippen LogP) is 5.29.